The Morgan fingerprint density at radius 2 is 1.96 bits per heavy atom. The first-order valence-corrected chi connectivity index (χ1v) is 11.2. The predicted molar refractivity (Wildman–Crippen MR) is 108 cm³/mol. The van der Waals surface area contributed by atoms with Crippen molar-refractivity contribution < 1.29 is 13.2 Å². The molecule has 0 atom stereocenters. The SMILES string of the molecule is CCSc1ccccc1NC(=O)c1cccc(N2CCCCS2(=O)=O)c1. The lowest BCUT2D eigenvalue weighted by Crippen LogP contribution is -2.37. The van der Waals surface area contributed by atoms with Crippen molar-refractivity contribution >= 4 is 39.1 Å². The molecule has 2 aromatic carbocycles. The quantitative estimate of drug-likeness (QED) is 0.784. The maximum atomic E-state index is 12.7. The normalized spacial score (nSPS) is 16.3. The highest BCUT2D eigenvalue weighted by molar-refractivity contribution is 7.99. The zero-order chi connectivity index (χ0) is 18.6. The first-order valence-electron chi connectivity index (χ1n) is 8.65. The predicted octanol–water partition coefficient (Wildman–Crippen LogP) is 3.98. The zero-order valence-electron chi connectivity index (χ0n) is 14.6. The van der Waals surface area contributed by atoms with Crippen LogP contribution in [-0.4, -0.2) is 32.4 Å². The fourth-order valence-electron chi connectivity index (χ4n) is 2.93. The van der Waals surface area contributed by atoms with Crippen LogP contribution in [-0.2, 0) is 10.0 Å². The van der Waals surface area contributed by atoms with Crippen molar-refractivity contribution in [3.8, 4) is 0 Å². The summed E-state index contributed by atoms with van der Waals surface area (Å²) in [5.41, 5.74) is 1.76. The molecule has 1 aliphatic rings. The van der Waals surface area contributed by atoms with Gasteiger partial charge in [-0.25, -0.2) is 8.42 Å². The van der Waals surface area contributed by atoms with E-state index in [1.165, 1.54) is 4.31 Å². The van der Waals surface area contributed by atoms with Gasteiger partial charge in [0.25, 0.3) is 5.91 Å². The van der Waals surface area contributed by atoms with E-state index in [1.54, 1.807) is 36.0 Å². The van der Waals surface area contributed by atoms with Crippen molar-refractivity contribution in [1.29, 1.82) is 0 Å². The molecule has 1 amide bonds. The molecule has 0 unspecified atom stereocenters. The fourth-order valence-corrected chi connectivity index (χ4v) is 5.32. The Kier molecular flexibility index (Phi) is 5.88. The highest BCUT2D eigenvalue weighted by Gasteiger charge is 2.26. The van der Waals surface area contributed by atoms with Crippen molar-refractivity contribution in [2.24, 2.45) is 0 Å². The molecule has 0 bridgehead atoms. The van der Waals surface area contributed by atoms with Gasteiger partial charge < -0.3 is 5.32 Å². The lowest BCUT2D eigenvalue weighted by Gasteiger charge is -2.28. The van der Waals surface area contributed by atoms with Crippen molar-refractivity contribution in [2.75, 3.05) is 27.7 Å². The summed E-state index contributed by atoms with van der Waals surface area (Å²) >= 11 is 1.66. The Hall–Kier alpha value is -1.99. The van der Waals surface area contributed by atoms with Crippen LogP contribution in [0.3, 0.4) is 0 Å². The monoisotopic (exact) mass is 390 g/mol. The van der Waals surface area contributed by atoms with Gasteiger partial charge in [-0.1, -0.05) is 25.1 Å². The molecule has 138 valence electrons. The Bertz CT molecular complexity index is 897. The van der Waals surface area contributed by atoms with E-state index in [4.69, 9.17) is 0 Å². The maximum Gasteiger partial charge on any atom is 0.255 e. The summed E-state index contributed by atoms with van der Waals surface area (Å²) < 4.78 is 26.0. The fraction of sp³-hybridized carbons (Fsp3) is 0.316. The molecule has 1 fully saturated rings. The number of anilines is 2. The topological polar surface area (TPSA) is 66.5 Å². The number of hydrogen-bond donors (Lipinski definition) is 1. The number of nitrogens with zero attached hydrogens (tertiary/aromatic N) is 1. The van der Waals surface area contributed by atoms with Gasteiger partial charge in [0.05, 0.1) is 17.1 Å². The van der Waals surface area contributed by atoms with Crippen molar-refractivity contribution in [2.45, 2.75) is 24.7 Å². The second kappa shape index (κ2) is 8.14. The first kappa shape index (κ1) is 18.8. The maximum absolute atomic E-state index is 12.7. The average Bonchev–Trinajstić information content (AvgIpc) is 2.63. The number of sulfonamides is 1. The number of carbonyl (C=O) groups is 1. The molecule has 5 nitrogen and oxygen atoms in total. The van der Waals surface area contributed by atoms with E-state index in [2.05, 4.69) is 12.2 Å². The van der Waals surface area contributed by atoms with E-state index in [0.29, 0.717) is 24.2 Å². The van der Waals surface area contributed by atoms with Crippen LogP contribution in [0.1, 0.15) is 30.1 Å². The summed E-state index contributed by atoms with van der Waals surface area (Å²) in [7, 11) is -3.29. The smallest absolute Gasteiger partial charge is 0.255 e. The van der Waals surface area contributed by atoms with E-state index >= 15 is 0 Å². The summed E-state index contributed by atoms with van der Waals surface area (Å²) in [5.74, 6) is 0.825. The highest BCUT2D eigenvalue weighted by Crippen LogP contribution is 2.28. The van der Waals surface area contributed by atoms with Crippen LogP contribution in [0.4, 0.5) is 11.4 Å². The van der Waals surface area contributed by atoms with Gasteiger partial charge in [-0.15, -0.1) is 11.8 Å². The van der Waals surface area contributed by atoms with Crippen LogP contribution in [0.25, 0.3) is 0 Å². The molecule has 1 N–H and O–H groups in total. The molecule has 3 rings (SSSR count). The van der Waals surface area contributed by atoms with Crippen molar-refractivity contribution in [1.82, 2.24) is 0 Å². The molecule has 0 saturated carbocycles. The summed E-state index contributed by atoms with van der Waals surface area (Å²) in [6.45, 7) is 2.52. The number of rotatable bonds is 5. The Morgan fingerprint density at radius 3 is 2.73 bits per heavy atom. The largest absolute Gasteiger partial charge is 0.321 e. The van der Waals surface area contributed by atoms with Crippen molar-refractivity contribution in [3.63, 3.8) is 0 Å². The number of para-hydroxylation sites is 1. The molecule has 0 spiro atoms. The van der Waals surface area contributed by atoms with Gasteiger partial charge in [-0.2, -0.15) is 0 Å². The molecule has 1 aliphatic heterocycles. The van der Waals surface area contributed by atoms with Crippen LogP contribution >= 0.6 is 11.8 Å². The molecule has 7 heteroatoms. The van der Waals surface area contributed by atoms with Gasteiger partial charge in [0.2, 0.25) is 10.0 Å². The van der Waals surface area contributed by atoms with E-state index in [0.717, 1.165) is 22.8 Å². The average molecular weight is 391 g/mol. The van der Waals surface area contributed by atoms with Gasteiger partial charge in [0.1, 0.15) is 0 Å². The number of carbonyl (C=O) groups excluding carboxylic acids is 1. The summed E-state index contributed by atoms with van der Waals surface area (Å²) in [4.78, 5) is 13.7. The third-order valence-electron chi connectivity index (χ3n) is 4.18. The third kappa shape index (κ3) is 4.22. The molecule has 0 aromatic heterocycles. The van der Waals surface area contributed by atoms with Crippen LogP contribution in [0.5, 0.6) is 0 Å². The van der Waals surface area contributed by atoms with Gasteiger partial charge in [0, 0.05) is 17.0 Å². The molecule has 26 heavy (non-hydrogen) atoms. The van der Waals surface area contributed by atoms with Crippen molar-refractivity contribution in [3.05, 3.63) is 54.1 Å². The Labute approximate surface area is 158 Å². The van der Waals surface area contributed by atoms with Gasteiger partial charge in [0.15, 0.2) is 0 Å². The van der Waals surface area contributed by atoms with Crippen LogP contribution in [0.2, 0.25) is 0 Å². The number of benzene rings is 2. The standard InChI is InChI=1S/C19H22N2O3S2/c1-2-25-18-11-4-3-10-17(18)20-19(22)15-8-7-9-16(14-15)21-12-5-6-13-26(21,23)24/h3-4,7-11,14H,2,5-6,12-13H2,1H3,(H,20,22). The van der Waals surface area contributed by atoms with E-state index in [1.807, 2.05) is 24.3 Å². The summed E-state index contributed by atoms with van der Waals surface area (Å²) in [5, 5.41) is 2.93. The number of amides is 1. The molecular formula is C19H22N2O3S2. The van der Waals surface area contributed by atoms with Gasteiger partial charge in [-0.05, 0) is 48.9 Å². The Balaban J connectivity index is 1.83. The summed E-state index contributed by atoms with van der Waals surface area (Å²) in [6, 6.07) is 14.5. The van der Waals surface area contributed by atoms with Gasteiger partial charge >= 0.3 is 0 Å². The molecule has 1 heterocycles. The second-order valence-corrected chi connectivity index (χ2v) is 9.35. The number of nitrogens with one attached hydrogen (secondary N) is 1. The number of thioether (sulfide) groups is 1. The summed E-state index contributed by atoms with van der Waals surface area (Å²) in [6.07, 6.45) is 1.52. The molecular weight excluding hydrogens is 368 g/mol. The molecule has 0 aliphatic carbocycles. The van der Waals surface area contributed by atoms with Crippen LogP contribution in [0, 0.1) is 0 Å². The third-order valence-corrected chi connectivity index (χ3v) is 7.01. The molecule has 2 aromatic rings. The minimum atomic E-state index is -3.29. The molecule has 1 saturated heterocycles. The number of hydrogen-bond acceptors (Lipinski definition) is 4. The second-order valence-electron chi connectivity index (χ2n) is 6.03. The zero-order valence-corrected chi connectivity index (χ0v) is 16.3. The van der Waals surface area contributed by atoms with Crippen LogP contribution in [0.15, 0.2) is 53.4 Å². The minimum absolute atomic E-state index is 0.158. The van der Waals surface area contributed by atoms with E-state index < -0.39 is 10.0 Å². The minimum Gasteiger partial charge on any atom is -0.321 e. The lowest BCUT2D eigenvalue weighted by molar-refractivity contribution is 0.102. The van der Waals surface area contributed by atoms with Crippen LogP contribution < -0.4 is 9.62 Å². The first-order chi connectivity index (χ1) is 12.5. The van der Waals surface area contributed by atoms with Gasteiger partial charge in [-0.3, -0.25) is 9.10 Å². The van der Waals surface area contributed by atoms with E-state index in [-0.39, 0.29) is 11.7 Å². The molecule has 0 radical (unpaired) electrons. The van der Waals surface area contributed by atoms with E-state index in [9.17, 15) is 13.2 Å². The highest BCUT2D eigenvalue weighted by atomic mass is 32.2. The Morgan fingerprint density at radius 1 is 1.15 bits per heavy atom. The lowest BCUT2D eigenvalue weighted by atomic mass is 10.1.